The van der Waals surface area contributed by atoms with Crippen molar-refractivity contribution < 1.29 is 23.9 Å². The van der Waals surface area contributed by atoms with Crippen LogP contribution in [0.25, 0.3) is 0 Å². The van der Waals surface area contributed by atoms with Crippen LogP contribution < -0.4 is 5.90 Å². The molecule has 0 saturated heterocycles. The molecule has 1 aromatic carbocycles. The first-order valence-electron chi connectivity index (χ1n) is 9.43. The molecule has 0 bridgehead atoms. The van der Waals surface area contributed by atoms with Gasteiger partial charge in [-0.3, -0.25) is 4.79 Å². The maximum atomic E-state index is 12.5. The summed E-state index contributed by atoms with van der Waals surface area (Å²) in [5, 5.41) is 0. The highest BCUT2D eigenvalue weighted by Crippen LogP contribution is 2.26. The fraction of sp³-hybridized carbons (Fsp3) is 0.619. The molecule has 0 spiro atoms. The van der Waals surface area contributed by atoms with E-state index in [9.17, 15) is 9.59 Å². The molecular weight excluding hydrogens is 346 g/mol. The zero-order valence-electron chi connectivity index (χ0n) is 17.1. The lowest BCUT2D eigenvalue weighted by molar-refractivity contribution is -0.170. The van der Waals surface area contributed by atoms with Crippen molar-refractivity contribution in [2.75, 3.05) is 6.61 Å². The normalized spacial score (nSPS) is 14.9. The van der Waals surface area contributed by atoms with Crippen molar-refractivity contribution in [2.45, 2.75) is 59.7 Å². The van der Waals surface area contributed by atoms with Gasteiger partial charge in [-0.15, -0.1) is 0 Å². The maximum absolute atomic E-state index is 12.5. The third kappa shape index (κ3) is 8.54. The van der Waals surface area contributed by atoms with Crippen molar-refractivity contribution in [1.29, 1.82) is 0 Å². The molecule has 27 heavy (non-hydrogen) atoms. The van der Waals surface area contributed by atoms with Gasteiger partial charge in [0.2, 0.25) is 0 Å². The Balaban J connectivity index is 2.79. The summed E-state index contributed by atoms with van der Waals surface area (Å²) in [6, 6.07) is 9.86. The van der Waals surface area contributed by atoms with Crippen LogP contribution in [0.15, 0.2) is 30.3 Å². The summed E-state index contributed by atoms with van der Waals surface area (Å²) in [5.41, 5.74) is 0.380. The molecule has 6 heteroatoms. The van der Waals surface area contributed by atoms with Gasteiger partial charge in [0.25, 0.3) is 0 Å². The van der Waals surface area contributed by atoms with Crippen LogP contribution in [-0.2, 0) is 30.5 Å². The standard InChI is InChI=1S/C21H33NO5/c1-6-15(2)17(14-25-13-16-10-8-7-9-11-16)12-18(20(24)27-22)19(23)26-21(3,4)5/h7-11,15,17-18H,6,12-14,22H2,1-5H3. The average Bonchev–Trinajstić information content (AvgIpc) is 2.62. The molecule has 6 nitrogen and oxygen atoms in total. The molecule has 3 unspecified atom stereocenters. The number of benzene rings is 1. The van der Waals surface area contributed by atoms with E-state index in [1.165, 1.54) is 0 Å². The Kier molecular flexibility index (Phi) is 9.46. The summed E-state index contributed by atoms with van der Waals surface area (Å²) in [6.45, 7) is 10.3. The first-order valence-corrected chi connectivity index (χ1v) is 9.43. The molecule has 0 aliphatic heterocycles. The Morgan fingerprint density at radius 3 is 2.26 bits per heavy atom. The Hall–Kier alpha value is -1.92. The molecule has 3 atom stereocenters. The van der Waals surface area contributed by atoms with Crippen molar-refractivity contribution in [2.24, 2.45) is 23.7 Å². The number of nitrogens with two attached hydrogens (primary N) is 1. The molecule has 0 heterocycles. The van der Waals surface area contributed by atoms with E-state index >= 15 is 0 Å². The van der Waals surface area contributed by atoms with Crippen molar-refractivity contribution >= 4 is 11.9 Å². The highest BCUT2D eigenvalue weighted by Gasteiger charge is 2.36. The number of hydrogen-bond acceptors (Lipinski definition) is 6. The fourth-order valence-electron chi connectivity index (χ4n) is 2.75. The van der Waals surface area contributed by atoms with Gasteiger partial charge >= 0.3 is 11.9 Å². The van der Waals surface area contributed by atoms with Crippen LogP contribution in [0.3, 0.4) is 0 Å². The van der Waals surface area contributed by atoms with Crippen LogP contribution >= 0.6 is 0 Å². The van der Waals surface area contributed by atoms with E-state index in [0.717, 1.165) is 12.0 Å². The first kappa shape index (κ1) is 23.1. The van der Waals surface area contributed by atoms with Crippen LogP contribution in [0.4, 0.5) is 0 Å². The number of carbonyl (C=O) groups is 2. The third-order valence-electron chi connectivity index (χ3n) is 4.52. The van der Waals surface area contributed by atoms with Crippen LogP contribution in [0.1, 0.15) is 53.0 Å². The van der Waals surface area contributed by atoms with Gasteiger partial charge in [0.05, 0.1) is 13.2 Å². The summed E-state index contributed by atoms with van der Waals surface area (Å²) in [5.74, 6) is 2.85. The predicted molar refractivity (Wildman–Crippen MR) is 103 cm³/mol. The lowest BCUT2D eigenvalue weighted by Crippen LogP contribution is -2.37. The van der Waals surface area contributed by atoms with Crippen molar-refractivity contribution in [1.82, 2.24) is 0 Å². The summed E-state index contributed by atoms with van der Waals surface area (Å²) < 4.78 is 11.2. The largest absolute Gasteiger partial charge is 0.459 e. The van der Waals surface area contributed by atoms with Crippen LogP contribution in [0.5, 0.6) is 0 Å². The van der Waals surface area contributed by atoms with Crippen molar-refractivity contribution in [3.05, 3.63) is 35.9 Å². The zero-order valence-corrected chi connectivity index (χ0v) is 17.1. The second kappa shape index (κ2) is 11.0. The number of ether oxygens (including phenoxy) is 2. The molecule has 0 saturated carbocycles. The van der Waals surface area contributed by atoms with Gasteiger partial charge in [-0.2, -0.15) is 5.90 Å². The van der Waals surface area contributed by atoms with Crippen molar-refractivity contribution in [3.8, 4) is 0 Å². The fourth-order valence-corrected chi connectivity index (χ4v) is 2.75. The SMILES string of the molecule is CCC(C)C(COCc1ccccc1)CC(C(=O)ON)C(=O)OC(C)(C)C. The molecule has 0 aromatic heterocycles. The Morgan fingerprint density at radius 1 is 1.11 bits per heavy atom. The Bertz CT molecular complexity index is 582. The molecule has 1 rings (SSSR count). The molecule has 0 aliphatic carbocycles. The summed E-state index contributed by atoms with van der Waals surface area (Å²) >= 11 is 0. The highest BCUT2D eigenvalue weighted by atomic mass is 16.7. The molecular formula is C21H33NO5. The average molecular weight is 379 g/mol. The zero-order chi connectivity index (χ0) is 20.4. The van der Waals surface area contributed by atoms with Gasteiger partial charge < -0.3 is 14.3 Å². The van der Waals surface area contributed by atoms with E-state index in [-0.39, 0.29) is 18.3 Å². The van der Waals surface area contributed by atoms with Gasteiger partial charge in [-0.05, 0) is 44.6 Å². The van der Waals surface area contributed by atoms with Crippen LogP contribution in [0, 0.1) is 17.8 Å². The third-order valence-corrected chi connectivity index (χ3v) is 4.52. The molecule has 0 aliphatic rings. The minimum Gasteiger partial charge on any atom is -0.459 e. The summed E-state index contributed by atoms with van der Waals surface area (Å²) in [7, 11) is 0. The quantitative estimate of drug-likeness (QED) is 0.379. The minimum atomic E-state index is -1.06. The smallest absolute Gasteiger partial charge is 0.338 e. The van der Waals surface area contributed by atoms with Crippen LogP contribution in [0.2, 0.25) is 0 Å². The summed E-state index contributed by atoms with van der Waals surface area (Å²) in [4.78, 5) is 28.9. The molecule has 152 valence electrons. The van der Waals surface area contributed by atoms with E-state index in [2.05, 4.69) is 18.7 Å². The van der Waals surface area contributed by atoms with E-state index in [0.29, 0.717) is 13.2 Å². The number of rotatable bonds is 10. The molecule has 0 radical (unpaired) electrons. The van der Waals surface area contributed by atoms with E-state index in [4.69, 9.17) is 15.4 Å². The first-order chi connectivity index (χ1) is 12.7. The summed E-state index contributed by atoms with van der Waals surface area (Å²) in [6.07, 6.45) is 1.17. The second-order valence-electron chi connectivity index (χ2n) is 7.90. The second-order valence-corrected chi connectivity index (χ2v) is 7.90. The van der Waals surface area contributed by atoms with E-state index < -0.39 is 23.5 Å². The Morgan fingerprint density at radius 2 is 1.74 bits per heavy atom. The molecule has 1 aromatic rings. The van der Waals surface area contributed by atoms with Gasteiger partial charge in [-0.25, -0.2) is 4.79 Å². The lowest BCUT2D eigenvalue weighted by Gasteiger charge is -2.27. The monoisotopic (exact) mass is 379 g/mol. The molecule has 0 amide bonds. The van der Waals surface area contributed by atoms with Crippen molar-refractivity contribution in [3.63, 3.8) is 0 Å². The number of esters is 1. The lowest BCUT2D eigenvalue weighted by atomic mass is 9.84. The molecule has 2 N–H and O–H groups in total. The van der Waals surface area contributed by atoms with Gasteiger partial charge in [0.1, 0.15) is 5.60 Å². The van der Waals surface area contributed by atoms with E-state index in [1.807, 2.05) is 30.3 Å². The maximum Gasteiger partial charge on any atom is 0.338 e. The number of hydrogen-bond donors (Lipinski definition) is 1. The predicted octanol–water partition coefficient (Wildman–Crippen LogP) is 3.63. The highest BCUT2D eigenvalue weighted by molar-refractivity contribution is 5.94. The minimum absolute atomic E-state index is 0.00432. The van der Waals surface area contributed by atoms with Gasteiger partial charge in [-0.1, -0.05) is 50.6 Å². The Labute approximate surface area is 162 Å². The van der Waals surface area contributed by atoms with Gasteiger partial charge in [0.15, 0.2) is 5.92 Å². The number of carbonyl (C=O) groups excluding carboxylic acids is 2. The van der Waals surface area contributed by atoms with Crippen LogP contribution in [-0.4, -0.2) is 24.1 Å². The van der Waals surface area contributed by atoms with E-state index in [1.54, 1.807) is 20.8 Å². The topological polar surface area (TPSA) is 87.9 Å². The van der Waals surface area contributed by atoms with Gasteiger partial charge in [0, 0.05) is 0 Å². The molecule has 0 fully saturated rings.